The van der Waals surface area contributed by atoms with E-state index < -0.39 is 5.82 Å². The average molecular weight is 253 g/mol. The molecule has 0 aliphatic rings. The molecular weight excluding hydrogens is 243 g/mol. The van der Waals surface area contributed by atoms with Crippen LogP contribution in [0.1, 0.15) is 23.9 Å². The van der Waals surface area contributed by atoms with E-state index in [-0.39, 0.29) is 10.8 Å². The molecule has 0 amide bonds. The van der Waals surface area contributed by atoms with E-state index in [1.54, 1.807) is 19.1 Å². The Morgan fingerprint density at radius 2 is 2.12 bits per heavy atom. The summed E-state index contributed by atoms with van der Waals surface area (Å²) in [6.45, 7) is 1.76. The van der Waals surface area contributed by atoms with Crippen LogP contribution < -0.4 is 0 Å². The highest BCUT2D eigenvalue weighted by atomic mass is 35.5. The molecule has 0 atom stereocenters. The second-order valence-electron chi connectivity index (χ2n) is 3.56. The number of halogens is 2. The van der Waals surface area contributed by atoms with Gasteiger partial charge in [0.1, 0.15) is 11.6 Å². The van der Waals surface area contributed by atoms with Crippen molar-refractivity contribution in [2.75, 3.05) is 0 Å². The molecule has 0 spiro atoms. The minimum atomic E-state index is -0.407. The van der Waals surface area contributed by atoms with Crippen LogP contribution in [0.2, 0.25) is 5.02 Å². The van der Waals surface area contributed by atoms with Crippen LogP contribution in [-0.4, -0.2) is 5.78 Å². The van der Waals surface area contributed by atoms with Crippen molar-refractivity contribution in [1.29, 1.82) is 0 Å². The van der Waals surface area contributed by atoms with E-state index in [0.29, 0.717) is 23.5 Å². The van der Waals surface area contributed by atoms with Crippen molar-refractivity contribution in [3.8, 4) is 11.3 Å². The van der Waals surface area contributed by atoms with Gasteiger partial charge in [0.25, 0.3) is 0 Å². The van der Waals surface area contributed by atoms with Crippen molar-refractivity contribution in [3.63, 3.8) is 0 Å². The van der Waals surface area contributed by atoms with Gasteiger partial charge >= 0.3 is 0 Å². The van der Waals surface area contributed by atoms with Crippen LogP contribution >= 0.6 is 11.6 Å². The van der Waals surface area contributed by atoms with E-state index in [9.17, 15) is 9.18 Å². The predicted molar refractivity (Wildman–Crippen MR) is 63.7 cm³/mol. The van der Waals surface area contributed by atoms with Crippen molar-refractivity contribution in [3.05, 3.63) is 46.9 Å². The number of ketones is 1. The van der Waals surface area contributed by atoms with Gasteiger partial charge in [0.15, 0.2) is 11.5 Å². The lowest BCUT2D eigenvalue weighted by molar-refractivity contribution is 0.0962. The summed E-state index contributed by atoms with van der Waals surface area (Å²) in [5.41, 5.74) is 0.572. The van der Waals surface area contributed by atoms with E-state index in [0.717, 1.165) is 0 Å². The second kappa shape index (κ2) is 4.72. The maximum atomic E-state index is 12.9. The highest BCUT2D eigenvalue weighted by Gasteiger charge is 2.12. The van der Waals surface area contributed by atoms with Gasteiger partial charge in [-0.15, -0.1) is 0 Å². The van der Waals surface area contributed by atoms with Crippen LogP contribution in [0, 0.1) is 5.82 Å². The first kappa shape index (κ1) is 11.9. The van der Waals surface area contributed by atoms with Gasteiger partial charge in [0.05, 0.1) is 5.02 Å². The summed E-state index contributed by atoms with van der Waals surface area (Å²) < 4.78 is 18.3. The Kier molecular flexibility index (Phi) is 3.29. The Bertz CT molecular complexity index is 560. The third kappa shape index (κ3) is 2.39. The summed E-state index contributed by atoms with van der Waals surface area (Å²) in [4.78, 5) is 11.4. The zero-order valence-electron chi connectivity index (χ0n) is 9.17. The summed E-state index contributed by atoms with van der Waals surface area (Å²) in [5.74, 6) is 0.277. The fraction of sp³-hybridized carbons (Fsp3) is 0.154. The van der Waals surface area contributed by atoms with Crippen molar-refractivity contribution in [1.82, 2.24) is 0 Å². The van der Waals surface area contributed by atoms with Crippen LogP contribution in [-0.2, 0) is 0 Å². The molecule has 0 fully saturated rings. The maximum absolute atomic E-state index is 12.9. The zero-order valence-corrected chi connectivity index (χ0v) is 9.92. The normalized spacial score (nSPS) is 10.5. The molecule has 0 aliphatic carbocycles. The largest absolute Gasteiger partial charge is 0.453 e. The van der Waals surface area contributed by atoms with Gasteiger partial charge in [-0.3, -0.25) is 4.79 Å². The molecule has 2 rings (SSSR count). The van der Waals surface area contributed by atoms with Gasteiger partial charge < -0.3 is 4.42 Å². The van der Waals surface area contributed by atoms with Gasteiger partial charge in [-0.05, 0) is 30.3 Å². The van der Waals surface area contributed by atoms with E-state index in [2.05, 4.69) is 0 Å². The van der Waals surface area contributed by atoms with E-state index in [4.69, 9.17) is 16.0 Å². The number of carbonyl (C=O) groups excluding carboxylic acids is 1. The number of furan rings is 1. The van der Waals surface area contributed by atoms with E-state index in [1.165, 1.54) is 18.2 Å². The fourth-order valence-corrected chi connectivity index (χ4v) is 1.76. The Balaban J connectivity index is 2.40. The highest BCUT2D eigenvalue weighted by Crippen LogP contribution is 2.30. The van der Waals surface area contributed by atoms with Crippen LogP contribution in [0.15, 0.2) is 34.7 Å². The summed E-state index contributed by atoms with van der Waals surface area (Å²) in [6, 6.07) is 7.28. The van der Waals surface area contributed by atoms with Gasteiger partial charge in [-0.2, -0.15) is 0 Å². The number of carbonyl (C=O) groups is 1. The van der Waals surface area contributed by atoms with Crippen LogP contribution in [0.5, 0.6) is 0 Å². The SMILES string of the molecule is CCC(=O)c1ccc(-c2ccc(F)cc2Cl)o1. The predicted octanol–water partition coefficient (Wildman–Crippen LogP) is 4.33. The minimum absolute atomic E-state index is 0.0746. The van der Waals surface area contributed by atoms with Crippen molar-refractivity contribution < 1.29 is 13.6 Å². The molecule has 0 N–H and O–H groups in total. The molecule has 4 heteroatoms. The quantitative estimate of drug-likeness (QED) is 0.761. The summed E-state index contributed by atoms with van der Waals surface area (Å²) in [5, 5.41) is 0.259. The summed E-state index contributed by atoms with van der Waals surface area (Å²) in [6.07, 6.45) is 0.379. The van der Waals surface area contributed by atoms with Gasteiger partial charge in [-0.1, -0.05) is 18.5 Å². The molecule has 17 heavy (non-hydrogen) atoms. The van der Waals surface area contributed by atoms with Crippen molar-refractivity contribution in [2.24, 2.45) is 0 Å². The number of hydrogen-bond donors (Lipinski definition) is 0. The monoisotopic (exact) mass is 252 g/mol. The molecule has 2 aromatic rings. The fourth-order valence-electron chi connectivity index (χ4n) is 1.50. The molecule has 0 saturated carbocycles. The minimum Gasteiger partial charge on any atom is -0.453 e. The molecule has 2 nitrogen and oxygen atoms in total. The lowest BCUT2D eigenvalue weighted by Crippen LogP contribution is -1.92. The van der Waals surface area contributed by atoms with E-state index >= 15 is 0 Å². The third-order valence-corrected chi connectivity index (χ3v) is 2.71. The first-order valence-corrected chi connectivity index (χ1v) is 5.58. The molecule has 0 saturated heterocycles. The van der Waals surface area contributed by atoms with Crippen molar-refractivity contribution in [2.45, 2.75) is 13.3 Å². The maximum Gasteiger partial charge on any atom is 0.197 e. The number of rotatable bonds is 3. The highest BCUT2D eigenvalue weighted by molar-refractivity contribution is 6.33. The number of Topliss-reactive ketones (excluding diaryl/α,β-unsaturated/α-hetero) is 1. The number of hydrogen-bond acceptors (Lipinski definition) is 2. The summed E-state index contributed by atoms with van der Waals surface area (Å²) >= 11 is 5.90. The molecule has 1 heterocycles. The molecule has 0 aliphatic heterocycles. The lowest BCUT2D eigenvalue weighted by Gasteiger charge is -2.00. The molecule has 1 aromatic heterocycles. The lowest BCUT2D eigenvalue weighted by atomic mass is 10.2. The van der Waals surface area contributed by atoms with Gasteiger partial charge in [0.2, 0.25) is 0 Å². The zero-order chi connectivity index (χ0) is 12.4. The first-order chi connectivity index (χ1) is 8.11. The molecule has 0 radical (unpaired) electrons. The van der Waals surface area contributed by atoms with Crippen molar-refractivity contribution >= 4 is 17.4 Å². The Morgan fingerprint density at radius 1 is 1.35 bits per heavy atom. The Morgan fingerprint density at radius 3 is 2.76 bits per heavy atom. The molecule has 1 aromatic carbocycles. The molecule has 0 unspecified atom stereocenters. The van der Waals surface area contributed by atoms with Crippen LogP contribution in [0.4, 0.5) is 4.39 Å². The average Bonchev–Trinajstić information content (AvgIpc) is 2.77. The Hall–Kier alpha value is -1.61. The number of benzene rings is 1. The molecule has 88 valence electrons. The topological polar surface area (TPSA) is 30.2 Å². The second-order valence-corrected chi connectivity index (χ2v) is 3.97. The van der Waals surface area contributed by atoms with Gasteiger partial charge in [0, 0.05) is 12.0 Å². The third-order valence-electron chi connectivity index (χ3n) is 2.40. The first-order valence-electron chi connectivity index (χ1n) is 5.20. The summed E-state index contributed by atoms with van der Waals surface area (Å²) in [7, 11) is 0. The Labute approximate surface area is 103 Å². The smallest absolute Gasteiger partial charge is 0.197 e. The standard InChI is InChI=1S/C13H10ClFO2/c1-2-11(16)13-6-5-12(17-13)9-4-3-8(15)7-10(9)14/h3-7H,2H2,1H3. The molecule has 0 bridgehead atoms. The van der Waals surface area contributed by atoms with Crippen LogP contribution in [0.3, 0.4) is 0 Å². The van der Waals surface area contributed by atoms with Gasteiger partial charge in [-0.25, -0.2) is 4.39 Å². The molecular formula is C13H10ClFO2. The van der Waals surface area contributed by atoms with E-state index in [1.807, 2.05) is 0 Å². The van der Waals surface area contributed by atoms with Crippen LogP contribution in [0.25, 0.3) is 11.3 Å².